The van der Waals surface area contributed by atoms with Crippen LogP contribution in [0.1, 0.15) is 19.3 Å². The van der Waals surface area contributed by atoms with Crippen LogP contribution < -0.4 is 0 Å². The van der Waals surface area contributed by atoms with Gasteiger partial charge in [-0.05, 0) is 12.8 Å². The Balaban J connectivity index is 3.20. The fourth-order valence-electron chi connectivity index (χ4n) is 0.847. The van der Waals surface area contributed by atoms with Crippen molar-refractivity contribution in [3.05, 3.63) is 0 Å². The van der Waals surface area contributed by atoms with Gasteiger partial charge in [-0.1, -0.05) is 0 Å². The van der Waals surface area contributed by atoms with Crippen LogP contribution in [0.5, 0.6) is 0 Å². The highest BCUT2D eigenvalue weighted by molar-refractivity contribution is 7.46. The lowest BCUT2D eigenvalue weighted by Gasteiger charge is -2.07. The number of rotatable bonds is 8. The highest BCUT2D eigenvalue weighted by Gasteiger charge is 2.25. The van der Waals surface area contributed by atoms with Gasteiger partial charge in [0.25, 0.3) is 0 Å². The van der Waals surface area contributed by atoms with E-state index in [-0.39, 0.29) is 32.7 Å². The number of hydrogen-bond acceptors (Lipinski definition) is 3. The Morgan fingerprint density at radius 3 is 2.19 bits per heavy atom. The second-order valence-corrected chi connectivity index (χ2v) is 4.25. The molecule has 0 heterocycles. The third-order valence-electron chi connectivity index (χ3n) is 1.49. The molecule has 0 fully saturated rings. The zero-order chi connectivity index (χ0) is 12.7. The van der Waals surface area contributed by atoms with E-state index in [1.165, 1.54) is 0 Å². The predicted octanol–water partition coefficient (Wildman–Crippen LogP) is 1.84. The molecule has 0 amide bonds. The number of phosphoric acid groups is 1. The monoisotopic (exact) mass is 266 g/mol. The highest BCUT2D eigenvalue weighted by atomic mass is 31.2. The third kappa shape index (κ3) is 13.9. The summed E-state index contributed by atoms with van der Waals surface area (Å²) in [7, 11) is -4.48. The Morgan fingerprint density at radius 2 is 1.69 bits per heavy atom. The zero-order valence-electron chi connectivity index (χ0n) is 8.44. The molecule has 0 aromatic rings. The van der Waals surface area contributed by atoms with Gasteiger partial charge < -0.3 is 14.5 Å². The molecule has 5 nitrogen and oxygen atoms in total. The summed E-state index contributed by atoms with van der Waals surface area (Å²) in [5, 5.41) is 0. The van der Waals surface area contributed by atoms with E-state index in [0.29, 0.717) is 0 Å². The average molecular weight is 266 g/mol. The maximum Gasteiger partial charge on any atom is 0.469 e. The van der Waals surface area contributed by atoms with E-state index in [1.54, 1.807) is 0 Å². The first kappa shape index (κ1) is 15.9. The average Bonchev–Trinajstić information content (AvgIpc) is 2.06. The summed E-state index contributed by atoms with van der Waals surface area (Å²) in [6.07, 6.45) is -4.78. The van der Waals surface area contributed by atoms with Crippen molar-refractivity contribution in [3.8, 4) is 0 Å². The van der Waals surface area contributed by atoms with Crippen molar-refractivity contribution in [1.82, 2.24) is 0 Å². The third-order valence-corrected chi connectivity index (χ3v) is 2.00. The van der Waals surface area contributed by atoms with Crippen LogP contribution in [0, 0.1) is 0 Å². The van der Waals surface area contributed by atoms with Gasteiger partial charge in [-0.2, -0.15) is 13.2 Å². The summed E-state index contributed by atoms with van der Waals surface area (Å²) in [6, 6.07) is 0. The molecule has 9 heteroatoms. The molecule has 0 aliphatic rings. The minimum Gasteiger partial charge on any atom is -0.379 e. The van der Waals surface area contributed by atoms with Crippen molar-refractivity contribution >= 4 is 7.82 Å². The van der Waals surface area contributed by atoms with Crippen LogP contribution in [-0.4, -0.2) is 35.8 Å². The molecule has 0 aromatic carbocycles. The van der Waals surface area contributed by atoms with Gasteiger partial charge in [-0.3, -0.25) is 4.52 Å². The normalized spacial score (nSPS) is 13.1. The molecular formula is C7H14F3O5P. The fraction of sp³-hybridized carbons (Fsp3) is 1.00. The molecule has 0 atom stereocenters. The molecule has 0 aliphatic heterocycles. The van der Waals surface area contributed by atoms with E-state index >= 15 is 0 Å². The van der Waals surface area contributed by atoms with Crippen LogP contribution in [0.4, 0.5) is 13.2 Å². The van der Waals surface area contributed by atoms with Gasteiger partial charge in [-0.15, -0.1) is 0 Å². The summed E-state index contributed by atoms with van der Waals surface area (Å²) in [4.78, 5) is 16.5. The maximum atomic E-state index is 11.7. The van der Waals surface area contributed by atoms with Crippen LogP contribution in [0.15, 0.2) is 0 Å². The van der Waals surface area contributed by atoms with Crippen molar-refractivity contribution in [3.63, 3.8) is 0 Å². The molecule has 0 rings (SSSR count). The number of halogens is 3. The number of hydrogen-bond donors (Lipinski definition) is 2. The fourth-order valence-corrected chi connectivity index (χ4v) is 1.16. The molecule has 0 saturated carbocycles. The zero-order valence-corrected chi connectivity index (χ0v) is 9.34. The van der Waals surface area contributed by atoms with Crippen molar-refractivity contribution in [2.24, 2.45) is 0 Å². The maximum absolute atomic E-state index is 11.7. The van der Waals surface area contributed by atoms with Gasteiger partial charge in [0.15, 0.2) is 0 Å². The van der Waals surface area contributed by atoms with Crippen molar-refractivity contribution < 1.29 is 36.8 Å². The van der Waals surface area contributed by atoms with Gasteiger partial charge in [0.1, 0.15) is 0 Å². The first-order valence-electron chi connectivity index (χ1n) is 4.55. The van der Waals surface area contributed by atoms with E-state index in [1.807, 2.05) is 0 Å². The second kappa shape index (κ2) is 7.24. The largest absolute Gasteiger partial charge is 0.469 e. The van der Waals surface area contributed by atoms with Gasteiger partial charge in [-0.25, -0.2) is 4.57 Å². The van der Waals surface area contributed by atoms with E-state index in [4.69, 9.17) is 14.5 Å². The Labute approximate surface area is 90.8 Å². The number of ether oxygens (including phenoxy) is 1. The summed E-state index contributed by atoms with van der Waals surface area (Å²) >= 11 is 0. The SMILES string of the molecule is O=P(O)(O)OCCOCCCCC(F)(F)F. The molecule has 0 aromatic heterocycles. The van der Waals surface area contributed by atoms with Gasteiger partial charge >= 0.3 is 14.0 Å². The summed E-state index contributed by atoms with van der Waals surface area (Å²) < 4.78 is 54.0. The van der Waals surface area contributed by atoms with Crippen LogP contribution in [0.25, 0.3) is 0 Å². The number of phosphoric ester groups is 1. The van der Waals surface area contributed by atoms with E-state index in [0.717, 1.165) is 0 Å². The van der Waals surface area contributed by atoms with Gasteiger partial charge in [0.05, 0.1) is 13.2 Å². The van der Waals surface area contributed by atoms with E-state index in [2.05, 4.69) is 4.52 Å². The van der Waals surface area contributed by atoms with Crippen molar-refractivity contribution in [2.45, 2.75) is 25.4 Å². The molecule has 16 heavy (non-hydrogen) atoms. The van der Waals surface area contributed by atoms with Crippen LogP contribution >= 0.6 is 7.82 Å². The topological polar surface area (TPSA) is 76.0 Å². The first-order chi connectivity index (χ1) is 7.21. The quantitative estimate of drug-likeness (QED) is 0.518. The molecule has 0 radical (unpaired) electrons. The van der Waals surface area contributed by atoms with Crippen LogP contribution in [0.3, 0.4) is 0 Å². The van der Waals surface area contributed by atoms with Gasteiger partial charge in [0, 0.05) is 13.0 Å². The minimum absolute atomic E-state index is 0.0250. The lowest BCUT2D eigenvalue weighted by molar-refractivity contribution is -0.136. The molecule has 0 spiro atoms. The van der Waals surface area contributed by atoms with Crippen molar-refractivity contribution in [2.75, 3.05) is 19.8 Å². The van der Waals surface area contributed by atoms with Crippen molar-refractivity contribution in [1.29, 1.82) is 0 Å². The lowest BCUT2D eigenvalue weighted by Crippen LogP contribution is -2.08. The molecule has 0 saturated heterocycles. The molecule has 0 aliphatic carbocycles. The first-order valence-corrected chi connectivity index (χ1v) is 6.08. The number of unbranched alkanes of at least 4 members (excludes halogenated alkanes) is 1. The van der Waals surface area contributed by atoms with Crippen LogP contribution in [0.2, 0.25) is 0 Å². The Hall–Kier alpha value is -0.140. The standard InChI is InChI=1S/C7H14F3O5P/c8-7(9,10)3-1-2-4-14-5-6-15-16(11,12)13/h1-6H2,(H2,11,12,13). The Morgan fingerprint density at radius 1 is 1.06 bits per heavy atom. The molecular weight excluding hydrogens is 252 g/mol. The highest BCUT2D eigenvalue weighted by Crippen LogP contribution is 2.35. The number of alkyl halides is 3. The van der Waals surface area contributed by atoms with Crippen LogP contribution in [-0.2, 0) is 13.8 Å². The minimum atomic E-state index is -4.48. The second-order valence-electron chi connectivity index (χ2n) is 3.01. The van der Waals surface area contributed by atoms with E-state index in [9.17, 15) is 17.7 Å². The van der Waals surface area contributed by atoms with Gasteiger partial charge in [0.2, 0.25) is 0 Å². The summed E-state index contributed by atoms with van der Waals surface area (Å²) in [5.41, 5.74) is 0. The summed E-state index contributed by atoms with van der Waals surface area (Å²) in [5.74, 6) is 0. The Kier molecular flexibility index (Phi) is 7.17. The molecule has 0 unspecified atom stereocenters. The molecule has 98 valence electrons. The smallest absolute Gasteiger partial charge is 0.379 e. The summed E-state index contributed by atoms with van der Waals surface area (Å²) in [6.45, 7) is -0.235. The predicted molar refractivity (Wildman–Crippen MR) is 48.7 cm³/mol. The van der Waals surface area contributed by atoms with E-state index < -0.39 is 20.4 Å². The molecule has 2 N–H and O–H groups in total. The Bertz CT molecular complexity index is 227. The lowest BCUT2D eigenvalue weighted by atomic mass is 10.2. The molecule has 0 bridgehead atoms.